The molecular formula is C10H20N2O3. The van der Waals surface area contributed by atoms with E-state index in [1.807, 2.05) is 6.92 Å². The average molecular weight is 216 g/mol. The lowest BCUT2D eigenvalue weighted by atomic mass is 10.0. The van der Waals surface area contributed by atoms with Crippen LogP contribution in [-0.2, 0) is 9.59 Å². The lowest BCUT2D eigenvalue weighted by molar-refractivity contribution is -0.143. The van der Waals surface area contributed by atoms with Gasteiger partial charge in [-0.25, -0.2) is 4.79 Å². The molecular weight excluding hydrogens is 196 g/mol. The molecule has 0 radical (unpaired) electrons. The summed E-state index contributed by atoms with van der Waals surface area (Å²) in [6, 6.07) is -1.03. The van der Waals surface area contributed by atoms with Crippen molar-refractivity contribution in [3.8, 4) is 0 Å². The van der Waals surface area contributed by atoms with E-state index in [2.05, 4.69) is 5.32 Å². The molecule has 15 heavy (non-hydrogen) atoms. The molecule has 0 saturated carbocycles. The SMILES string of the molecule is CCC(N)CC(=O)N[C@H](C(=O)O)C(C)C. The standard InChI is InChI=1S/C10H20N2O3/c1-4-7(11)5-8(13)12-9(6(2)3)10(14)15/h6-7,9H,4-5,11H2,1-3H3,(H,12,13)(H,14,15)/t7?,9-/m0/s1. The number of amides is 1. The minimum atomic E-state index is -1.01. The summed E-state index contributed by atoms with van der Waals surface area (Å²) in [6.07, 6.45) is 0.875. The molecule has 0 aromatic rings. The first-order valence-corrected chi connectivity index (χ1v) is 5.16. The van der Waals surface area contributed by atoms with E-state index in [1.54, 1.807) is 13.8 Å². The monoisotopic (exact) mass is 216 g/mol. The van der Waals surface area contributed by atoms with E-state index in [0.717, 1.165) is 0 Å². The molecule has 0 aromatic heterocycles. The molecule has 1 amide bonds. The fraction of sp³-hybridized carbons (Fsp3) is 0.800. The van der Waals surface area contributed by atoms with Gasteiger partial charge in [0.15, 0.2) is 0 Å². The largest absolute Gasteiger partial charge is 0.480 e. The Morgan fingerprint density at radius 3 is 2.27 bits per heavy atom. The summed E-state index contributed by atoms with van der Waals surface area (Å²) in [5, 5.41) is 11.3. The molecule has 0 aromatic carbocycles. The lowest BCUT2D eigenvalue weighted by Gasteiger charge is -2.18. The Labute approximate surface area is 90.0 Å². The Balaban J connectivity index is 4.18. The van der Waals surface area contributed by atoms with Gasteiger partial charge in [-0.3, -0.25) is 4.79 Å². The number of hydrogen-bond donors (Lipinski definition) is 3. The van der Waals surface area contributed by atoms with Crippen molar-refractivity contribution in [2.45, 2.75) is 45.7 Å². The van der Waals surface area contributed by atoms with Gasteiger partial charge in [-0.05, 0) is 12.3 Å². The second-order valence-electron chi connectivity index (χ2n) is 4.00. The third-order valence-electron chi connectivity index (χ3n) is 2.22. The minimum Gasteiger partial charge on any atom is -0.480 e. The fourth-order valence-corrected chi connectivity index (χ4v) is 1.13. The predicted molar refractivity (Wildman–Crippen MR) is 57.3 cm³/mol. The first-order chi connectivity index (χ1) is 6.88. The van der Waals surface area contributed by atoms with Crippen molar-refractivity contribution in [3.63, 3.8) is 0 Å². The maximum Gasteiger partial charge on any atom is 0.326 e. The Morgan fingerprint density at radius 2 is 1.93 bits per heavy atom. The minimum absolute atomic E-state index is 0.135. The first-order valence-electron chi connectivity index (χ1n) is 5.16. The Morgan fingerprint density at radius 1 is 1.40 bits per heavy atom. The number of nitrogens with one attached hydrogen (secondary N) is 1. The van der Waals surface area contributed by atoms with Gasteiger partial charge in [0.2, 0.25) is 5.91 Å². The molecule has 0 aliphatic rings. The van der Waals surface area contributed by atoms with E-state index in [0.29, 0.717) is 6.42 Å². The molecule has 0 spiro atoms. The van der Waals surface area contributed by atoms with Gasteiger partial charge in [-0.1, -0.05) is 20.8 Å². The van der Waals surface area contributed by atoms with Crippen molar-refractivity contribution in [1.29, 1.82) is 0 Å². The number of carboxylic acid groups (broad SMARTS) is 1. The number of hydrogen-bond acceptors (Lipinski definition) is 3. The maximum absolute atomic E-state index is 11.4. The molecule has 0 heterocycles. The molecule has 0 aliphatic carbocycles. The van der Waals surface area contributed by atoms with Crippen molar-refractivity contribution in [2.75, 3.05) is 0 Å². The van der Waals surface area contributed by atoms with Crippen molar-refractivity contribution < 1.29 is 14.7 Å². The number of carbonyl (C=O) groups is 2. The summed E-state index contributed by atoms with van der Waals surface area (Å²) >= 11 is 0. The van der Waals surface area contributed by atoms with E-state index in [-0.39, 0.29) is 24.3 Å². The summed E-state index contributed by atoms with van der Waals surface area (Å²) in [6.45, 7) is 5.38. The van der Waals surface area contributed by atoms with Crippen LogP contribution in [0.4, 0.5) is 0 Å². The van der Waals surface area contributed by atoms with Crippen LogP contribution in [0.3, 0.4) is 0 Å². The number of aliphatic carboxylic acids is 1. The highest BCUT2D eigenvalue weighted by Gasteiger charge is 2.23. The summed E-state index contributed by atoms with van der Waals surface area (Å²) in [5.41, 5.74) is 5.59. The Kier molecular flexibility index (Phi) is 5.93. The van der Waals surface area contributed by atoms with E-state index in [9.17, 15) is 9.59 Å². The molecule has 0 rings (SSSR count). The molecule has 0 fully saturated rings. The van der Waals surface area contributed by atoms with Crippen molar-refractivity contribution in [1.82, 2.24) is 5.32 Å². The van der Waals surface area contributed by atoms with Crippen LogP contribution in [0.5, 0.6) is 0 Å². The van der Waals surface area contributed by atoms with Crippen LogP contribution in [-0.4, -0.2) is 29.1 Å². The quantitative estimate of drug-likeness (QED) is 0.597. The maximum atomic E-state index is 11.4. The smallest absolute Gasteiger partial charge is 0.326 e. The second kappa shape index (κ2) is 6.40. The zero-order valence-electron chi connectivity index (χ0n) is 9.49. The summed E-state index contributed by atoms with van der Waals surface area (Å²) in [7, 11) is 0. The van der Waals surface area contributed by atoms with Gasteiger partial charge >= 0.3 is 5.97 Å². The van der Waals surface area contributed by atoms with Crippen LogP contribution in [0.15, 0.2) is 0 Å². The van der Waals surface area contributed by atoms with Crippen molar-refractivity contribution in [2.24, 2.45) is 11.7 Å². The molecule has 1 unspecified atom stereocenters. The zero-order valence-corrected chi connectivity index (χ0v) is 9.49. The van der Waals surface area contributed by atoms with Crippen LogP contribution in [0.2, 0.25) is 0 Å². The Bertz CT molecular complexity index is 229. The van der Waals surface area contributed by atoms with Crippen LogP contribution in [0.1, 0.15) is 33.6 Å². The predicted octanol–water partition coefficient (Wildman–Crippen LogP) is 0.339. The fourth-order valence-electron chi connectivity index (χ4n) is 1.13. The van der Waals surface area contributed by atoms with Gasteiger partial charge in [0.05, 0.1) is 0 Å². The van der Waals surface area contributed by atoms with Crippen molar-refractivity contribution in [3.05, 3.63) is 0 Å². The molecule has 0 aliphatic heterocycles. The summed E-state index contributed by atoms with van der Waals surface area (Å²) < 4.78 is 0. The van der Waals surface area contributed by atoms with Gasteiger partial charge in [-0.2, -0.15) is 0 Å². The van der Waals surface area contributed by atoms with Crippen LogP contribution < -0.4 is 11.1 Å². The normalized spacial score (nSPS) is 14.7. The molecule has 88 valence electrons. The highest BCUT2D eigenvalue weighted by atomic mass is 16.4. The molecule has 0 saturated heterocycles. The number of carbonyl (C=O) groups excluding carboxylic acids is 1. The van der Waals surface area contributed by atoms with Crippen LogP contribution in [0.25, 0.3) is 0 Å². The second-order valence-corrected chi connectivity index (χ2v) is 4.00. The summed E-state index contributed by atoms with van der Waals surface area (Å²) in [4.78, 5) is 22.2. The number of carboxylic acids is 1. The van der Waals surface area contributed by atoms with Gasteiger partial charge in [0.25, 0.3) is 0 Å². The van der Waals surface area contributed by atoms with Crippen molar-refractivity contribution >= 4 is 11.9 Å². The van der Waals surface area contributed by atoms with E-state index >= 15 is 0 Å². The van der Waals surface area contributed by atoms with Gasteiger partial charge in [0.1, 0.15) is 6.04 Å². The zero-order chi connectivity index (χ0) is 12.0. The van der Waals surface area contributed by atoms with Gasteiger partial charge in [0, 0.05) is 12.5 Å². The van der Waals surface area contributed by atoms with Gasteiger partial charge < -0.3 is 16.2 Å². The third-order valence-corrected chi connectivity index (χ3v) is 2.22. The van der Waals surface area contributed by atoms with E-state index in [4.69, 9.17) is 10.8 Å². The average Bonchev–Trinajstić information content (AvgIpc) is 2.12. The van der Waals surface area contributed by atoms with E-state index < -0.39 is 12.0 Å². The Hall–Kier alpha value is -1.10. The topological polar surface area (TPSA) is 92.4 Å². The van der Waals surface area contributed by atoms with E-state index in [1.165, 1.54) is 0 Å². The molecule has 4 N–H and O–H groups in total. The van der Waals surface area contributed by atoms with Gasteiger partial charge in [-0.15, -0.1) is 0 Å². The highest BCUT2D eigenvalue weighted by Crippen LogP contribution is 2.03. The summed E-state index contributed by atoms with van der Waals surface area (Å²) in [5.74, 6) is -1.45. The molecule has 2 atom stereocenters. The first kappa shape index (κ1) is 13.9. The molecule has 5 nitrogen and oxygen atoms in total. The molecule has 0 bridgehead atoms. The molecule has 5 heteroatoms. The van der Waals surface area contributed by atoms with Crippen LogP contribution >= 0.6 is 0 Å². The number of nitrogens with two attached hydrogens (primary N) is 1. The van der Waals surface area contributed by atoms with Crippen LogP contribution in [0, 0.1) is 5.92 Å². The number of rotatable bonds is 6. The highest BCUT2D eigenvalue weighted by molar-refractivity contribution is 5.83. The lowest BCUT2D eigenvalue weighted by Crippen LogP contribution is -2.45. The third kappa shape index (κ3) is 5.37.